The molecule has 1 aromatic carbocycles. The Kier molecular flexibility index (Phi) is 4.24. The highest BCUT2D eigenvalue weighted by molar-refractivity contribution is 5.74. The minimum absolute atomic E-state index is 0.00578. The van der Waals surface area contributed by atoms with Gasteiger partial charge in [-0.1, -0.05) is 0 Å². The molecule has 2 amide bonds. The molecule has 0 spiro atoms. The molecule has 2 rings (SSSR count). The molecule has 0 atom stereocenters. The number of carbonyl (C=O) groups excluding carboxylic acids is 1. The smallest absolute Gasteiger partial charge is 0.317 e. The maximum absolute atomic E-state index is 12.9. The minimum Gasteiger partial charge on any atom is -0.368 e. The Labute approximate surface area is 113 Å². The van der Waals surface area contributed by atoms with Crippen LogP contribution in [-0.2, 0) is 0 Å². The van der Waals surface area contributed by atoms with Gasteiger partial charge in [-0.3, -0.25) is 0 Å². The van der Waals surface area contributed by atoms with Crippen molar-refractivity contribution in [3.63, 3.8) is 0 Å². The van der Waals surface area contributed by atoms with Gasteiger partial charge < -0.3 is 15.1 Å². The summed E-state index contributed by atoms with van der Waals surface area (Å²) < 4.78 is 12.9. The van der Waals surface area contributed by atoms with E-state index in [0.29, 0.717) is 13.1 Å². The van der Waals surface area contributed by atoms with Crippen molar-refractivity contribution in [3.05, 3.63) is 30.1 Å². The zero-order chi connectivity index (χ0) is 13.8. The van der Waals surface area contributed by atoms with E-state index in [1.165, 1.54) is 12.1 Å². The molecule has 104 valence electrons. The fraction of sp³-hybridized carbons (Fsp3) is 0.500. The Morgan fingerprint density at radius 3 is 2.26 bits per heavy atom. The summed E-state index contributed by atoms with van der Waals surface area (Å²) in [6.07, 6.45) is 0. The largest absolute Gasteiger partial charge is 0.368 e. The molecule has 4 nitrogen and oxygen atoms in total. The molecule has 1 aliphatic heterocycles. The monoisotopic (exact) mass is 265 g/mol. The van der Waals surface area contributed by atoms with Crippen molar-refractivity contribution in [2.24, 2.45) is 0 Å². The van der Waals surface area contributed by atoms with Crippen molar-refractivity contribution < 1.29 is 9.18 Å². The molecule has 0 aromatic heterocycles. The van der Waals surface area contributed by atoms with Crippen LogP contribution >= 0.6 is 0 Å². The maximum atomic E-state index is 12.9. The molecule has 1 aromatic rings. The molecule has 0 bridgehead atoms. The van der Waals surface area contributed by atoms with Crippen LogP contribution in [0.3, 0.4) is 0 Å². The summed E-state index contributed by atoms with van der Waals surface area (Å²) in [5, 5.41) is 2.89. The predicted octanol–water partition coefficient (Wildman–Crippen LogP) is 2.07. The highest BCUT2D eigenvalue weighted by atomic mass is 19.1. The maximum Gasteiger partial charge on any atom is 0.317 e. The summed E-state index contributed by atoms with van der Waals surface area (Å²) in [5.41, 5.74) is 1.00. The van der Waals surface area contributed by atoms with E-state index in [-0.39, 0.29) is 17.9 Å². The lowest BCUT2D eigenvalue weighted by molar-refractivity contribution is 0.192. The number of rotatable bonds is 2. The molecule has 5 heteroatoms. The van der Waals surface area contributed by atoms with Crippen LogP contribution in [0.1, 0.15) is 13.8 Å². The number of piperazine rings is 1. The lowest BCUT2D eigenvalue weighted by Crippen LogP contribution is -2.52. The SMILES string of the molecule is CC(C)NC(=O)N1CCN(c2ccc(F)cc2)CC1. The van der Waals surface area contributed by atoms with Gasteiger partial charge >= 0.3 is 6.03 Å². The van der Waals surface area contributed by atoms with Crippen LogP contribution in [0.2, 0.25) is 0 Å². The first kappa shape index (κ1) is 13.6. The van der Waals surface area contributed by atoms with E-state index in [4.69, 9.17) is 0 Å². The molecule has 0 aliphatic carbocycles. The number of hydrogen-bond acceptors (Lipinski definition) is 2. The fourth-order valence-corrected chi connectivity index (χ4v) is 2.16. The van der Waals surface area contributed by atoms with Crippen LogP contribution in [0.15, 0.2) is 24.3 Å². The third kappa shape index (κ3) is 3.59. The summed E-state index contributed by atoms with van der Waals surface area (Å²) in [7, 11) is 0. The van der Waals surface area contributed by atoms with E-state index in [0.717, 1.165) is 18.8 Å². The van der Waals surface area contributed by atoms with Crippen LogP contribution in [0, 0.1) is 5.82 Å². The van der Waals surface area contributed by atoms with Crippen molar-refractivity contribution in [2.75, 3.05) is 31.1 Å². The summed E-state index contributed by atoms with van der Waals surface area (Å²) in [6, 6.07) is 6.63. The van der Waals surface area contributed by atoms with Crippen molar-refractivity contribution in [1.82, 2.24) is 10.2 Å². The van der Waals surface area contributed by atoms with Crippen LogP contribution in [0.25, 0.3) is 0 Å². The van der Waals surface area contributed by atoms with E-state index in [9.17, 15) is 9.18 Å². The number of halogens is 1. The number of carbonyl (C=O) groups is 1. The fourth-order valence-electron chi connectivity index (χ4n) is 2.16. The molecular weight excluding hydrogens is 245 g/mol. The van der Waals surface area contributed by atoms with Crippen LogP contribution < -0.4 is 10.2 Å². The normalized spacial score (nSPS) is 15.8. The first-order chi connectivity index (χ1) is 9.06. The standard InChI is InChI=1S/C14H20FN3O/c1-11(2)16-14(19)18-9-7-17(8-10-18)13-5-3-12(15)4-6-13/h3-6,11H,7-10H2,1-2H3,(H,16,19). The second kappa shape index (κ2) is 5.91. The number of nitrogens with one attached hydrogen (secondary N) is 1. The van der Waals surface area contributed by atoms with E-state index >= 15 is 0 Å². The summed E-state index contributed by atoms with van der Waals surface area (Å²) in [5.74, 6) is -0.223. The van der Waals surface area contributed by atoms with Crippen LogP contribution in [0.4, 0.5) is 14.9 Å². The van der Waals surface area contributed by atoms with Crippen molar-refractivity contribution in [1.29, 1.82) is 0 Å². The van der Waals surface area contributed by atoms with Gasteiger partial charge in [-0.2, -0.15) is 0 Å². The quantitative estimate of drug-likeness (QED) is 0.888. The molecule has 19 heavy (non-hydrogen) atoms. The topological polar surface area (TPSA) is 35.6 Å². The van der Waals surface area contributed by atoms with Gasteiger partial charge in [0.05, 0.1) is 0 Å². The minimum atomic E-state index is -0.223. The summed E-state index contributed by atoms with van der Waals surface area (Å²) >= 11 is 0. The summed E-state index contributed by atoms with van der Waals surface area (Å²) in [6.45, 7) is 6.83. The second-order valence-electron chi connectivity index (χ2n) is 5.05. The first-order valence-corrected chi connectivity index (χ1v) is 6.62. The average Bonchev–Trinajstić information content (AvgIpc) is 2.39. The summed E-state index contributed by atoms with van der Waals surface area (Å²) in [4.78, 5) is 15.8. The number of urea groups is 1. The van der Waals surface area contributed by atoms with Crippen molar-refractivity contribution >= 4 is 11.7 Å². The Morgan fingerprint density at radius 2 is 1.74 bits per heavy atom. The van der Waals surface area contributed by atoms with Gasteiger partial charge in [0.25, 0.3) is 0 Å². The van der Waals surface area contributed by atoms with Crippen LogP contribution in [0.5, 0.6) is 0 Å². The molecule has 1 saturated heterocycles. The van der Waals surface area contributed by atoms with Gasteiger partial charge in [-0.15, -0.1) is 0 Å². The molecule has 0 saturated carbocycles. The Hall–Kier alpha value is -1.78. The molecule has 1 heterocycles. The van der Waals surface area contributed by atoms with Gasteiger partial charge in [-0.05, 0) is 38.1 Å². The van der Waals surface area contributed by atoms with E-state index in [1.807, 2.05) is 18.7 Å². The zero-order valence-electron chi connectivity index (χ0n) is 11.4. The number of amides is 2. The Bertz CT molecular complexity index is 425. The number of anilines is 1. The zero-order valence-corrected chi connectivity index (χ0v) is 11.4. The lowest BCUT2D eigenvalue weighted by Gasteiger charge is -2.36. The molecular formula is C14H20FN3O. The predicted molar refractivity (Wildman–Crippen MR) is 73.9 cm³/mol. The highest BCUT2D eigenvalue weighted by Crippen LogP contribution is 2.16. The van der Waals surface area contributed by atoms with Crippen LogP contribution in [-0.4, -0.2) is 43.2 Å². The third-order valence-electron chi connectivity index (χ3n) is 3.17. The molecule has 1 fully saturated rings. The second-order valence-corrected chi connectivity index (χ2v) is 5.05. The molecule has 1 aliphatic rings. The Balaban J connectivity index is 1.88. The lowest BCUT2D eigenvalue weighted by atomic mass is 10.2. The molecule has 1 N–H and O–H groups in total. The van der Waals surface area contributed by atoms with Gasteiger partial charge in [0, 0.05) is 37.9 Å². The van der Waals surface area contributed by atoms with Gasteiger partial charge in [0.15, 0.2) is 0 Å². The van der Waals surface area contributed by atoms with Crippen molar-refractivity contribution in [2.45, 2.75) is 19.9 Å². The van der Waals surface area contributed by atoms with Gasteiger partial charge in [0.1, 0.15) is 5.82 Å². The van der Waals surface area contributed by atoms with Crippen molar-refractivity contribution in [3.8, 4) is 0 Å². The number of nitrogens with zero attached hydrogens (tertiary/aromatic N) is 2. The van der Waals surface area contributed by atoms with E-state index < -0.39 is 0 Å². The Morgan fingerprint density at radius 1 is 1.16 bits per heavy atom. The van der Waals surface area contributed by atoms with Gasteiger partial charge in [-0.25, -0.2) is 9.18 Å². The van der Waals surface area contributed by atoms with E-state index in [1.54, 1.807) is 12.1 Å². The third-order valence-corrected chi connectivity index (χ3v) is 3.17. The van der Waals surface area contributed by atoms with E-state index in [2.05, 4.69) is 10.2 Å². The molecule has 0 unspecified atom stereocenters. The average molecular weight is 265 g/mol. The number of hydrogen-bond donors (Lipinski definition) is 1. The highest BCUT2D eigenvalue weighted by Gasteiger charge is 2.21. The molecule has 0 radical (unpaired) electrons. The first-order valence-electron chi connectivity index (χ1n) is 6.62. The number of benzene rings is 1. The van der Waals surface area contributed by atoms with Gasteiger partial charge in [0.2, 0.25) is 0 Å².